The van der Waals surface area contributed by atoms with Crippen LogP contribution in [-0.2, 0) is 0 Å². The molecular formula is C27H21N9. The topological polar surface area (TPSA) is 66.8 Å². The molecule has 0 atom stereocenters. The number of rotatable bonds is 0. The van der Waals surface area contributed by atoms with Crippen molar-refractivity contribution in [3.05, 3.63) is 126 Å². The summed E-state index contributed by atoms with van der Waals surface area (Å²) in [6.45, 7) is 9.85. The third-order valence-electron chi connectivity index (χ3n) is 5.72. The van der Waals surface area contributed by atoms with Crippen LogP contribution in [0.3, 0.4) is 0 Å². The minimum Gasteiger partial charge on any atom is -0.353 e. The average Bonchev–Trinajstić information content (AvgIpc) is 3.68. The van der Waals surface area contributed by atoms with Crippen LogP contribution in [0.15, 0.2) is 73.6 Å². The van der Waals surface area contributed by atoms with Gasteiger partial charge in [0.1, 0.15) is 0 Å². The summed E-state index contributed by atoms with van der Waals surface area (Å²) in [5, 5.41) is 5.80. The summed E-state index contributed by atoms with van der Waals surface area (Å²) in [5.41, 5.74) is 0. The minimum atomic E-state index is 0.966. The largest absolute Gasteiger partial charge is 0.353 e. The summed E-state index contributed by atoms with van der Waals surface area (Å²) in [6.07, 6.45) is 23.6. The van der Waals surface area contributed by atoms with Gasteiger partial charge in [-0.1, -0.05) is 0 Å². The molecule has 0 unspecified atom stereocenters. The molecule has 9 nitrogen and oxygen atoms in total. The molecule has 3 aromatic rings. The molecular weight excluding hydrogens is 450 g/mol. The highest BCUT2D eigenvalue weighted by atomic mass is 15.3. The summed E-state index contributed by atoms with van der Waals surface area (Å²) >= 11 is 0. The van der Waals surface area contributed by atoms with Crippen molar-refractivity contribution in [1.29, 1.82) is 0 Å². The first kappa shape index (κ1) is 20.5. The van der Waals surface area contributed by atoms with Gasteiger partial charge in [-0.15, -0.1) is 0 Å². The Morgan fingerprint density at radius 2 is 0.528 bits per heavy atom. The van der Waals surface area contributed by atoms with Crippen molar-refractivity contribution in [2.45, 2.75) is 0 Å². The molecule has 4 aliphatic heterocycles. The SMILES string of the molecule is [C]1N2C=CN1/C=c1/cc/c([nH]1)=C/N1[C]N(C=C1)/C=c1/cc/c([nH]1)=C/N1[C]N(C=C1)/C=c1/cc/c([nH]1)=C/2. The Hall–Kier alpha value is -4.92. The van der Waals surface area contributed by atoms with Gasteiger partial charge < -0.3 is 44.4 Å². The van der Waals surface area contributed by atoms with Gasteiger partial charge >= 0.3 is 0 Å². The van der Waals surface area contributed by atoms with E-state index in [0.29, 0.717) is 0 Å². The maximum Gasteiger partial charge on any atom is 0.216 e. The summed E-state index contributed by atoms with van der Waals surface area (Å²) in [5.74, 6) is 0. The Morgan fingerprint density at radius 1 is 0.333 bits per heavy atom. The summed E-state index contributed by atoms with van der Waals surface area (Å²) in [7, 11) is 0. The van der Waals surface area contributed by atoms with Crippen molar-refractivity contribution in [1.82, 2.24) is 44.4 Å². The number of nitrogens with zero attached hydrogens (tertiary/aromatic N) is 6. The highest BCUT2D eigenvalue weighted by Gasteiger charge is 2.13. The summed E-state index contributed by atoms with van der Waals surface area (Å²) < 4.78 is 0. The molecule has 3 aromatic heterocycles. The molecule has 7 heterocycles. The third-order valence-corrected chi connectivity index (χ3v) is 5.72. The molecule has 4 aliphatic rings. The van der Waals surface area contributed by atoms with Crippen molar-refractivity contribution >= 4 is 37.2 Å². The van der Waals surface area contributed by atoms with Gasteiger partial charge in [0.2, 0.25) is 20.0 Å². The van der Waals surface area contributed by atoms with Crippen LogP contribution in [0.2, 0.25) is 0 Å². The molecule has 6 radical (unpaired) electrons. The first-order valence-electron chi connectivity index (χ1n) is 11.4. The molecule has 9 heteroatoms. The van der Waals surface area contributed by atoms with Gasteiger partial charge in [0.05, 0.1) is 32.1 Å². The van der Waals surface area contributed by atoms with Gasteiger partial charge in [0.25, 0.3) is 0 Å². The lowest BCUT2D eigenvalue weighted by atomic mass is 10.5. The van der Waals surface area contributed by atoms with Crippen LogP contribution in [0.25, 0.3) is 37.2 Å². The number of hydrogen-bond donors (Lipinski definition) is 3. The van der Waals surface area contributed by atoms with E-state index in [-0.39, 0.29) is 0 Å². The first-order valence-corrected chi connectivity index (χ1v) is 11.4. The zero-order valence-electron chi connectivity index (χ0n) is 19.1. The van der Waals surface area contributed by atoms with Crippen LogP contribution in [0.5, 0.6) is 0 Å². The zero-order chi connectivity index (χ0) is 23.9. The average molecular weight is 472 g/mol. The molecule has 36 heavy (non-hydrogen) atoms. The van der Waals surface area contributed by atoms with Crippen LogP contribution in [0, 0.1) is 20.0 Å². The zero-order valence-corrected chi connectivity index (χ0v) is 19.1. The van der Waals surface area contributed by atoms with Gasteiger partial charge in [-0.25, -0.2) is 0 Å². The maximum atomic E-state index is 3.40. The Labute approximate surface area is 207 Å². The van der Waals surface area contributed by atoms with E-state index >= 15 is 0 Å². The second kappa shape index (κ2) is 8.38. The summed E-state index contributed by atoms with van der Waals surface area (Å²) in [6, 6.07) is 12.2. The molecule has 0 aliphatic carbocycles. The van der Waals surface area contributed by atoms with E-state index in [9.17, 15) is 0 Å². The minimum absolute atomic E-state index is 0.966. The molecule has 0 spiro atoms. The van der Waals surface area contributed by atoms with Crippen molar-refractivity contribution < 1.29 is 0 Å². The molecule has 7 rings (SSSR count). The number of nitrogens with one attached hydrogen (secondary N) is 3. The van der Waals surface area contributed by atoms with Crippen LogP contribution in [-0.4, -0.2) is 44.4 Å². The fourth-order valence-corrected chi connectivity index (χ4v) is 4.10. The number of hydrogen-bond acceptors (Lipinski definition) is 6. The monoisotopic (exact) mass is 471 g/mol. The number of aromatic nitrogens is 3. The van der Waals surface area contributed by atoms with Crippen LogP contribution in [0.4, 0.5) is 0 Å². The van der Waals surface area contributed by atoms with Crippen molar-refractivity contribution in [2.75, 3.05) is 0 Å². The molecule has 0 amide bonds. The Bertz CT molecular complexity index is 1410. The molecule has 174 valence electrons. The molecule has 0 saturated carbocycles. The van der Waals surface area contributed by atoms with Crippen LogP contribution < -0.4 is 32.1 Å². The lowest BCUT2D eigenvalue weighted by Crippen LogP contribution is -2.21. The van der Waals surface area contributed by atoms with E-state index in [0.717, 1.165) is 32.1 Å². The smallest absolute Gasteiger partial charge is 0.216 e. The van der Waals surface area contributed by atoms with E-state index in [2.05, 4.69) is 35.0 Å². The maximum absolute atomic E-state index is 3.40. The highest BCUT2D eigenvalue weighted by Crippen LogP contribution is 2.13. The number of H-pyrrole nitrogens is 3. The Balaban J connectivity index is 1.24. The lowest BCUT2D eigenvalue weighted by molar-refractivity contribution is 0.539. The standard InChI is InChI=1S/C27H21N9/c1-2-23-14-32-9-10-34(20-32)16-25-5-6-27(30-25)18-36-12-11-35(21-36)17-26-4-3-24(29-26)15-33-8-7-31(19-33)13-22(1)28-23/h1-18,28-30H/b22-13-,23-14-,24-15-,25-16-,26-17-,27-18-. The first-order chi connectivity index (χ1) is 17.7. The predicted molar refractivity (Wildman–Crippen MR) is 135 cm³/mol. The molecule has 12 bridgehead atoms. The van der Waals surface area contributed by atoms with Gasteiger partial charge in [-0.3, -0.25) is 0 Å². The molecule has 3 N–H and O–H groups in total. The van der Waals surface area contributed by atoms with Crippen molar-refractivity contribution in [3.63, 3.8) is 0 Å². The van der Waals surface area contributed by atoms with Gasteiger partial charge in [0.15, 0.2) is 0 Å². The third kappa shape index (κ3) is 4.29. The van der Waals surface area contributed by atoms with Gasteiger partial charge in [0, 0.05) is 74.4 Å². The Morgan fingerprint density at radius 3 is 0.722 bits per heavy atom. The normalized spacial score (nSPS) is 24.0. The number of fused-ring (bicyclic) bond motifs is 12. The Kier molecular flexibility index (Phi) is 4.76. The van der Waals surface area contributed by atoms with E-state index < -0.39 is 0 Å². The van der Waals surface area contributed by atoms with E-state index in [4.69, 9.17) is 0 Å². The van der Waals surface area contributed by atoms with E-state index in [1.54, 1.807) is 0 Å². The van der Waals surface area contributed by atoms with Crippen LogP contribution >= 0.6 is 0 Å². The van der Waals surface area contributed by atoms with Crippen LogP contribution in [0.1, 0.15) is 0 Å². The van der Waals surface area contributed by atoms with Gasteiger partial charge in [-0.2, -0.15) is 0 Å². The highest BCUT2D eigenvalue weighted by molar-refractivity contribution is 5.36. The second-order valence-electron chi connectivity index (χ2n) is 8.52. The van der Waals surface area contributed by atoms with E-state index in [1.807, 2.05) is 140 Å². The molecule has 0 fully saturated rings. The quantitative estimate of drug-likeness (QED) is 0.382. The molecule has 0 saturated heterocycles. The lowest BCUT2D eigenvalue weighted by Gasteiger charge is -2.11. The molecule has 0 aromatic carbocycles. The number of aromatic amines is 3. The van der Waals surface area contributed by atoms with E-state index in [1.165, 1.54) is 0 Å². The fraction of sp³-hybridized carbons (Fsp3) is 0. The van der Waals surface area contributed by atoms with Crippen molar-refractivity contribution in [3.8, 4) is 0 Å². The van der Waals surface area contributed by atoms with Gasteiger partial charge in [-0.05, 0) is 36.4 Å². The fourth-order valence-electron chi connectivity index (χ4n) is 4.10. The predicted octanol–water partition coefficient (Wildman–Crippen LogP) is -1.23. The summed E-state index contributed by atoms with van der Waals surface area (Å²) in [4.78, 5) is 21.5. The second-order valence-corrected chi connectivity index (χ2v) is 8.52. The van der Waals surface area contributed by atoms with Crippen molar-refractivity contribution in [2.24, 2.45) is 0 Å².